The lowest BCUT2D eigenvalue weighted by Crippen LogP contribution is -2.50. The molecule has 1 aromatic rings. The summed E-state index contributed by atoms with van der Waals surface area (Å²) in [5.74, 6) is -0.667. The molecule has 0 aromatic carbocycles. The largest absolute Gasteiger partial charge is 0.378 e. The first-order chi connectivity index (χ1) is 10.2. The molecule has 7 heteroatoms. The van der Waals surface area contributed by atoms with Crippen molar-refractivity contribution in [1.82, 2.24) is 9.88 Å². The molecule has 2 saturated heterocycles. The van der Waals surface area contributed by atoms with Gasteiger partial charge in [-0.15, -0.1) is 0 Å². The van der Waals surface area contributed by atoms with Crippen LogP contribution in [0.2, 0.25) is 0 Å². The van der Waals surface area contributed by atoms with Crippen molar-refractivity contribution in [2.45, 2.75) is 18.6 Å². The number of alkyl halides is 1. The van der Waals surface area contributed by atoms with Gasteiger partial charge in [0.2, 0.25) is 5.91 Å². The Morgan fingerprint density at radius 1 is 1.38 bits per heavy atom. The van der Waals surface area contributed by atoms with Gasteiger partial charge in [-0.3, -0.25) is 4.79 Å². The second-order valence-corrected chi connectivity index (χ2v) is 5.25. The highest BCUT2D eigenvalue weighted by Crippen LogP contribution is 2.28. The molecule has 3 heterocycles. The highest BCUT2D eigenvalue weighted by atomic mass is 19.1. The number of morpholine rings is 1. The number of carbonyl (C=O) groups is 1. The first-order valence-electron chi connectivity index (χ1n) is 7.04. The van der Waals surface area contributed by atoms with Crippen LogP contribution in [0.5, 0.6) is 0 Å². The number of ether oxygens (including phenoxy) is 1. The summed E-state index contributed by atoms with van der Waals surface area (Å²) in [5, 5.41) is 0. The topological polar surface area (TPSA) is 45.7 Å². The molecule has 21 heavy (non-hydrogen) atoms. The Bertz CT molecular complexity index is 523. The van der Waals surface area contributed by atoms with Gasteiger partial charge in [0.25, 0.3) is 0 Å². The predicted molar refractivity (Wildman–Crippen MR) is 72.2 cm³/mol. The Labute approximate surface area is 121 Å². The molecule has 0 aliphatic carbocycles. The van der Waals surface area contributed by atoms with E-state index in [0.29, 0.717) is 26.3 Å². The number of carbonyl (C=O) groups excluding carboxylic acids is 1. The van der Waals surface area contributed by atoms with Gasteiger partial charge in [-0.05, 0) is 12.1 Å². The van der Waals surface area contributed by atoms with Crippen molar-refractivity contribution in [1.29, 1.82) is 0 Å². The summed E-state index contributed by atoms with van der Waals surface area (Å²) in [7, 11) is 0. The maximum absolute atomic E-state index is 13.9. The first kappa shape index (κ1) is 14.2. The molecular weight excluding hydrogens is 280 g/mol. The Kier molecular flexibility index (Phi) is 4.01. The molecule has 1 aromatic heterocycles. The van der Waals surface area contributed by atoms with Crippen molar-refractivity contribution in [3.63, 3.8) is 0 Å². The van der Waals surface area contributed by atoms with E-state index >= 15 is 0 Å². The Hall–Kier alpha value is -1.76. The van der Waals surface area contributed by atoms with E-state index in [-0.39, 0.29) is 24.7 Å². The Morgan fingerprint density at radius 2 is 2.14 bits per heavy atom. The van der Waals surface area contributed by atoms with Gasteiger partial charge in [-0.2, -0.15) is 0 Å². The lowest BCUT2D eigenvalue weighted by Gasteiger charge is -2.32. The molecule has 0 radical (unpaired) electrons. The predicted octanol–water partition coefficient (Wildman–Crippen LogP) is 0.996. The van der Waals surface area contributed by atoms with Crippen LogP contribution in [0.25, 0.3) is 0 Å². The standard InChI is InChI=1S/C14H17F2N3O2/c15-10-8-12(14(20)18-4-6-21-7-5-18)19(9-10)13-11(16)2-1-3-17-13/h1-3,10,12H,4-9H2/t10-,12+/m1/s1. The number of aromatic nitrogens is 1. The summed E-state index contributed by atoms with van der Waals surface area (Å²) in [6, 6.07) is 2.05. The van der Waals surface area contributed by atoms with Crippen molar-refractivity contribution < 1.29 is 18.3 Å². The monoisotopic (exact) mass is 297 g/mol. The van der Waals surface area contributed by atoms with Crippen LogP contribution < -0.4 is 4.90 Å². The third kappa shape index (κ3) is 2.83. The fourth-order valence-electron chi connectivity index (χ4n) is 2.84. The number of anilines is 1. The summed E-state index contributed by atoms with van der Waals surface area (Å²) in [5.41, 5.74) is 0. The van der Waals surface area contributed by atoms with Crippen LogP contribution in [0, 0.1) is 5.82 Å². The van der Waals surface area contributed by atoms with Crippen molar-refractivity contribution in [3.05, 3.63) is 24.1 Å². The van der Waals surface area contributed by atoms with Crippen molar-refractivity contribution in [2.24, 2.45) is 0 Å². The smallest absolute Gasteiger partial charge is 0.245 e. The van der Waals surface area contributed by atoms with E-state index in [1.165, 1.54) is 23.2 Å². The molecule has 2 atom stereocenters. The van der Waals surface area contributed by atoms with Crippen molar-refractivity contribution in [3.8, 4) is 0 Å². The zero-order valence-electron chi connectivity index (χ0n) is 11.5. The van der Waals surface area contributed by atoms with Gasteiger partial charge in [0, 0.05) is 25.7 Å². The Morgan fingerprint density at radius 3 is 2.86 bits per heavy atom. The molecule has 2 fully saturated rings. The van der Waals surface area contributed by atoms with Crippen LogP contribution in [-0.4, -0.2) is 60.9 Å². The minimum atomic E-state index is -1.15. The van der Waals surface area contributed by atoms with Gasteiger partial charge in [-0.1, -0.05) is 0 Å². The van der Waals surface area contributed by atoms with Crippen LogP contribution in [0.1, 0.15) is 6.42 Å². The summed E-state index contributed by atoms with van der Waals surface area (Å²) >= 11 is 0. The van der Waals surface area contributed by atoms with E-state index in [0.717, 1.165) is 0 Å². The fraction of sp³-hybridized carbons (Fsp3) is 0.571. The van der Waals surface area contributed by atoms with E-state index in [2.05, 4.69) is 4.98 Å². The minimum absolute atomic E-state index is 0.00528. The van der Waals surface area contributed by atoms with Crippen LogP contribution in [0.3, 0.4) is 0 Å². The number of hydrogen-bond donors (Lipinski definition) is 0. The second kappa shape index (κ2) is 5.93. The quantitative estimate of drug-likeness (QED) is 0.817. The third-order valence-corrected chi connectivity index (χ3v) is 3.87. The maximum atomic E-state index is 13.9. The third-order valence-electron chi connectivity index (χ3n) is 3.87. The van der Waals surface area contributed by atoms with E-state index in [4.69, 9.17) is 4.74 Å². The molecule has 0 saturated carbocycles. The first-order valence-corrected chi connectivity index (χ1v) is 7.04. The molecular formula is C14H17F2N3O2. The van der Waals surface area contributed by atoms with E-state index in [1.807, 2.05) is 0 Å². The second-order valence-electron chi connectivity index (χ2n) is 5.25. The molecule has 5 nitrogen and oxygen atoms in total. The van der Waals surface area contributed by atoms with Gasteiger partial charge < -0.3 is 14.5 Å². The van der Waals surface area contributed by atoms with Gasteiger partial charge >= 0.3 is 0 Å². The number of hydrogen-bond acceptors (Lipinski definition) is 4. The van der Waals surface area contributed by atoms with Crippen molar-refractivity contribution in [2.75, 3.05) is 37.7 Å². The summed E-state index contributed by atoms with van der Waals surface area (Å²) in [6.45, 7) is 1.94. The molecule has 2 aliphatic heterocycles. The fourth-order valence-corrected chi connectivity index (χ4v) is 2.84. The van der Waals surface area contributed by atoms with E-state index in [9.17, 15) is 13.6 Å². The normalized spacial score (nSPS) is 26.2. The molecule has 114 valence electrons. The van der Waals surface area contributed by atoms with Gasteiger partial charge in [-0.25, -0.2) is 13.8 Å². The molecule has 0 unspecified atom stereocenters. The van der Waals surface area contributed by atoms with Crippen LogP contribution in [-0.2, 0) is 9.53 Å². The average Bonchev–Trinajstić information content (AvgIpc) is 2.89. The molecule has 2 aliphatic rings. The molecule has 0 bridgehead atoms. The summed E-state index contributed by atoms with van der Waals surface area (Å²) < 4.78 is 32.9. The van der Waals surface area contributed by atoms with Crippen LogP contribution in [0.15, 0.2) is 18.3 Å². The highest BCUT2D eigenvalue weighted by molar-refractivity contribution is 5.86. The highest BCUT2D eigenvalue weighted by Gasteiger charge is 2.40. The minimum Gasteiger partial charge on any atom is -0.378 e. The van der Waals surface area contributed by atoms with E-state index < -0.39 is 18.0 Å². The lowest BCUT2D eigenvalue weighted by molar-refractivity contribution is -0.136. The van der Waals surface area contributed by atoms with Crippen LogP contribution in [0.4, 0.5) is 14.6 Å². The van der Waals surface area contributed by atoms with Crippen LogP contribution >= 0.6 is 0 Å². The number of rotatable bonds is 2. The summed E-state index contributed by atoms with van der Waals surface area (Å²) in [4.78, 5) is 19.6. The van der Waals surface area contributed by atoms with E-state index in [1.54, 1.807) is 4.90 Å². The number of nitrogens with zero attached hydrogens (tertiary/aromatic N) is 3. The SMILES string of the molecule is O=C([C@@H]1C[C@@H](F)CN1c1ncccc1F)N1CCOCC1. The molecule has 0 spiro atoms. The number of pyridine rings is 1. The van der Waals surface area contributed by atoms with Gasteiger partial charge in [0.1, 0.15) is 12.2 Å². The summed E-state index contributed by atoms with van der Waals surface area (Å²) in [6.07, 6.45) is 0.369. The Balaban J connectivity index is 1.82. The number of halogens is 2. The number of amides is 1. The lowest BCUT2D eigenvalue weighted by atomic mass is 10.1. The maximum Gasteiger partial charge on any atom is 0.245 e. The van der Waals surface area contributed by atoms with Gasteiger partial charge in [0.15, 0.2) is 11.6 Å². The average molecular weight is 297 g/mol. The molecule has 3 rings (SSSR count). The zero-order valence-corrected chi connectivity index (χ0v) is 11.5. The molecule has 0 N–H and O–H groups in total. The van der Waals surface area contributed by atoms with Crippen molar-refractivity contribution >= 4 is 11.7 Å². The van der Waals surface area contributed by atoms with Gasteiger partial charge in [0.05, 0.1) is 19.8 Å². The molecule has 1 amide bonds. The zero-order chi connectivity index (χ0) is 14.8.